The molecule has 0 spiro atoms. The summed E-state index contributed by atoms with van der Waals surface area (Å²) in [5, 5.41) is 28.3. The third-order valence-corrected chi connectivity index (χ3v) is 2.83. The molecule has 2 heterocycles. The minimum absolute atomic E-state index is 0.460. The van der Waals surface area contributed by atoms with Gasteiger partial charge in [-0.15, -0.1) is 0 Å². The van der Waals surface area contributed by atoms with E-state index in [-0.39, 0.29) is 0 Å². The summed E-state index contributed by atoms with van der Waals surface area (Å²) in [6.07, 6.45) is -5.06. The summed E-state index contributed by atoms with van der Waals surface area (Å²) >= 11 is 0. The smallest absolute Gasteiger partial charge is 0.272 e. The van der Waals surface area contributed by atoms with E-state index in [0.29, 0.717) is 0 Å². The Balaban J connectivity index is 1.93. The maximum absolute atomic E-state index is 9.49. The number of aliphatic hydroxyl groups is 3. The van der Waals surface area contributed by atoms with Crippen LogP contribution in [0.5, 0.6) is 0 Å². The van der Waals surface area contributed by atoms with Gasteiger partial charge in [0.05, 0.1) is 0 Å². The summed E-state index contributed by atoms with van der Waals surface area (Å²) < 4.78 is 15.3. The predicted molar refractivity (Wildman–Crippen MR) is 36.4 cm³/mol. The average molecular weight is 190 g/mol. The van der Waals surface area contributed by atoms with Crippen molar-refractivity contribution in [2.24, 2.45) is 0 Å². The lowest BCUT2D eigenvalue weighted by Gasteiger charge is -2.41. The van der Waals surface area contributed by atoms with Gasteiger partial charge in [-0.25, -0.2) is 0 Å². The van der Waals surface area contributed by atoms with Gasteiger partial charge in [0.1, 0.15) is 36.6 Å². The van der Waals surface area contributed by atoms with Crippen LogP contribution in [0.1, 0.15) is 0 Å². The molecule has 1 saturated carbocycles. The Bertz CT molecular complexity index is 213. The Morgan fingerprint density at radius 1 is 0.615 bits per heavy atom. The van der Waals surface area contributed by atoms with Gasteiger partial charge in [0.25, 0.3) is 6.48 Å². The minimum atomic E-state index is -1.23. The van der Waals surface area contributed by atoms with Crippen molar-refractivity contribution >= 4 is 0 Å². The Kier molecular flexibility index (Phi) is 1.50. The van der Waals surface area contributed by atoms with Crippen molar-refractivity contribution in [2.75, 3.05) is 0 Å². The zero-order valence-corrected chi connectivity index (χ0v) is 6.61. The van der Waals surface area contributed by atoms with Crippen LogP contribution in [0.3, 0.4) is 0 Å². The Morgan fingerprint density at radius 3 is 1.54 bits per heavy atom. The number of rotatable bonds is 0. The van der Waals surface area contributed by atoms with Gasteiger partial charge < -0.3 is 29.5 Å². The van der Waals surface area contributed by atoms with E-state index < -0.39 is 43.1 Å². The molecule has 2 bridgehead atoms. The molecule has 3 aliphatic rings. The number of fused-ring (bicyclic) bond motifs is 1. The van der Waals surface area contributed by atoms with Crippen LogP contribution in [0.25, 0.3) is 0 Å². The van der Waals surface area contributed by atoms with Crippen molar-refractivity contribution in [3.8, 4) is 0 Å². The first-order valence-electron chi connectivity index (χ1n) is 4.19. The average Bonchev–Trinajstić information content (AvgIpc) is 2.70. The molecule has 6 heteroatoms. The molecule has 2 aliphatic heterocycles. The van der Waals surface area contributed by atoms with Crippen molar-refractivity contribution in [3.05, 3.63) is 0 Å². The van der Waals surface area contributed by atoms with E-state index >= 15 is 0 Å². The molecule has 0 aromatic heterocycles. The molecule has 0 aromatic rings. The van der Waals surface area contributed by atoms with Crippen LogP contribution < -0.4 is 0 Å². The highest BCUT2D eigenvalue weighted by atomic mass is 16.9. The van der Waals surface area contributed by atoms with E-state index in [1.54, 1.807) is 0 Å². The number of hydrogen-bond acceptors (Lipinski definition) is 6. The maximum atomic E-state index is 9.49. The SMILES string of the molecule is OC1[C@@H](O)[C@H]2OC3OC2[C@@H](O3)[C@H]1O. The highest BCUT2D eigenvalue weighted by Gasteiger charge is 2.61. The normalized spacial score (nSPS) is 64.4. The summed E-state index contributed by atoms with van der Waals surface area (Å²) in [6, 6.07) is 0. The van der Waals surface area contributed by atoms with Gasteiger partial charge >= 0.3 is 0 Å². The molecule has 2 saturated heterocycles. The first kappa shape index (κ1) is 8.10. The highest BCUT2D eigenvalue weighted by Crippen LogP contribution is 2.40. The summed E-state index contributed by atoms with van der Waals surface area (Å²) in [5.41, 5.74) is 0. The van der Waals surface area contributed by atoms with Crippen molar-refractivity contribution in [1.82, 2.24) is 0 Å². The third kappa shape index (κ3) is 0.876. The molecule has 0 radical (unpaired) electrons. The van der Waals surface area contributed by atoms with E-state index in [4.69, 9.17) is 14.2 Å². The zero-order valence-electron chi connectivity index (χ0n) is 6.61. The molecule has 3 unspecified atom stereocenters. The quantitative estimate of drug-likeness (QED) is 0.393. The lowest BCUT2D eigenvalue weighted by molar-refractivity contribution is -0.286. The van der Waals surface area contributed by atoms with Gasteiger partial charge in [0, 0.05) is 0 Å². The van der Waals surface area contributed by atoms with Crippen LogP contribution in [0.15, 0.2) is 0 Å². The van der Waals surface area contributed by atoms with Gasteiger partial charge in [-0.1, -0.05) is 0 Å². The highest BCUT2D eigenvalue weighted by molar-refractivity contribution is 5.05. The summed E-state index contributed by atoms with van der Waals surface area (Å²) in [6.45, 7) is -0.795. The standard InChI is InChI=1S/C7H10O6/c8-1-2(9)4-6-5(3(1)10)12-7(11-4)13-6/h1-10H/t1?,2-,3+,4-,5+,6?,7?. The van der Waals surface area contributed by atoms with Crippen molar-refractivity contribution in [2.45, 2.75) is 43.1 Å². The molecular formula is C7H10O6. The largest absolute Gasteiger partial charge is 0.387 e. The Labute approximate surface area is 73.6 Å². The van der Waals surface area contributed by atoms with Crippen LogP contribution in [-0.4, -0.2) is 58.4 Å². The van der Waals surface area contributed by atoms with Gasteiger partial charge in [0.2, 0.25) is 0 Å². The fraction of sp³-hybridized carbons (Fsp3) is 1.00. The van der Waals surface area contributed by atoms with Gasteiger partial charge in [-0.05, 0) is 0 Å². The van der Waals surface area contributed by atoms with E-state index in [2.05, 4.69) is 0 Å². The Hall–Kier alpha value is -0.240. The molecule has 3 N–H and O–H groups in total. The zero-order chi connectivity index (χ0) is 9.16. The molecule has 1 aliphatic carbocycles. The number of ether oxygens (including phenoxy) is 3. The molecule has 0 aromatic carbocycles. The molecule has 74 valence electrons. The van der Waals surface area contributed by atoms with Crippen LogP contribution in [0.4, 0.5) is 0 Å². The maximum Gasteiger partial charge on any atom is 0.272 e. The van der Waals surface area contributed by atoms with E-state index in [9.17, 15) is 15.3 Å². The van der Waals surface area contributed by atoms with Gasteiger partial charge in [-0.2, -0.15) is 0 Å². The number of aliphatic hydroxyl groups excluding tert-OH is 3. The second-order valence-electron chi connectivity index (χ2n) is 3.56. The van der Waals surface area contributed by atoms with Gasteiger partial charge in [0.15, 0.2) is 0 Å². The van der Waals surface area contributed by atoms with Crippen LogP contribution in [0, 0.1) is 0 Å². The molecular weight excluding hydrogens is 180 g/mol. The monoisotopic (exact) mass is 190 g/mol. The molecule has 13 heavy (non-hydrogen) atoms. The molecule has 0 amide bonds. The lowest BCUT2D eigenvalue weighted by Crippen LogP contribution is -2.63. The van der Waals surface area contributed by atoms with Crippen molar-refractivity contribution in [3.63, 3.8) is 0 Å². The van der Waals surface area contributed by atoms with Crippen molar-refractivity contribution in [1.29, 1.82) is 0 Å². The second kappa shape index (κ2) is 2.41. The summed E-state index contributed by atoms with van der Waals surface area (Å²) in [5.74, 6) is 0. The topological polar surface area (TPSA) is 88.4 Å². The first-order chi connectivity index (χ1) is 6.18. The number of hydrogen-bond donors (Lipinski definition) is 3. The Morgan fingerprint density at radius 2 is 1.08 bits per heavy atom. The fourth-order valence-electron chi connectivity index (χ4n) is 2.12. The predicted octanol–water partition coefficient (Wildman–Crippen LogP) is -2.45. The molecule has 3 fully saturated rings. The molecule has 6 nitrogen and oxygen atoms in total. The van der Waals surface area contributed by atoms with E-state index in [0.717, 1.165) is 0 Å². The molecule has 3 rings (SSSR count). The van der Waals surface area contributed by atoms with Crippen LogP contribution >= 0.6 is 0 Å². The fourth-order valence-corrected chi connectivity index (χ4v) is 2.12. The van der Waals surface area contributed by atoms with Crippen molar-refractivity contribution < 1.29 is 29.5 Å². The van der Waals surface area contributed by atoms with E-state index in [1.807, 2.05) is 0 Å². The van der Waals surface area contributed by atoms with Crippen LogP contribution in [-0.2, 0) is 14.2 Å². The first-order valence-corrected chi connectivity index (χ1v) is 4.19. The summed E-state index contributed by atoms with van der Waals surface area (Å²) in [7, 11) is 0. The second-order valence-corrected chi connectivity index (χ2v) is 3.56. The minimum Gasteiger partial charge on any atom is -0.387 e. The third-order valence-electron chi connectivity index (χ3n) is 2.83. The summed E-state index contributed by atoms with van der Waals surface area (Å²) in [4.78, 5) is 0. The van der Waals surface area contributed by atoms with Crippen LogP contribution in [0.2, 0.25) is 0 Å². The van der Waals surface area contributed by atoms with Gasteiger partial charge in [-0.3, -0.25) is 0 Å². The molecule has 7 atom stereocenters. The lowest BCUT2D eigenvalue weighted by atomic mass is 9.85. The van der Waals surface area contributed by atoms with E-state index in [1.165, 1.54) is 0 Å².